The number of hydrogen-bond donors (Lipinski definition) is 1. The molecule has 1 heterocycles. The number of rotatable bonds is 3. The highest BCUT2D eigenvalue weighted by Crippen LogP contribution is 2.31. The van der Waals surface area contributed by atoms with E-state index in [1.807, 2.05) is 24.3 Å². The highest BCUT2D eigenvalue weighted by atomic mass is 79.9. The molecule has 0 bridgehead atoms. The number of benzene rings is 1. The van der Waals surface area contributed by atoms with Crippen LogP contribution < -0.4 is 5.73 Å². The summed E-state index contributed by atoms with van der Waals surface area (Å²) in [6, 6.07) is 7.62. The van der Waals surface area contributed by atoms with Crippen LogP contribution in [0.1, 0.15) is 5.76 Å². The van der Waals surface area contributed by atoms with E-state index in [9.17, 15) is 0 Å². The summed E-state index contributed by atoms with van der Waals surface area (Å²) in [5.74, 6) is 1.63. The Bertz CT molecular complexity index is 445. The molecule has 0 radical (unpaired) electrons. The Morgan fingerprint density at radius 1 is 1.40 bits per heavy atom. The first-order chi connectivity index (χ1) is 7.25. The van der Waals surface area contributed by atoms with E-state index in [1.165, 1.54) is 0 Å². The molecule has 15 heavy (non-hydrogen) atoms. The molecular formula is C10H9BrN2OS. The molecule has 2 N–H and O–H groups in total. The predicted octanol–water partition coefficient (Wildman–Crippen LogP) is 3.31. The minimum absolute atomic E-state index is 0.755. The third-order valence-electron chi connectivity index (χ3n) is 1.82. The Balaban J connectivity index is 2.05. The van der Waals surface area contributed by atoms with Crippen molar-refractivity contribution in [2.75, 3.05) is 5.73 Å². The van der Waals surface area contributed by atoms with E-state index in [-0.39, 0.29) is 0 Å². The Kier molecular flexibility index (Phi) is 3.33. The summed E-state index contributed by atoms with van der Waals surface area (Å²) in [6.45, 7) is 0. The average Bonchev–Trinajstić information content (AvgIpc) is 2.69. The molecule has 0 unspecified atom stereocenters. The maximum Gasteiger partial charge on any atom is 0.146 e. The van der Waals surface area contributed by atoms with E-state index in [1.54, 1.807) is 18.0 Å². The number of nitrogens with two attached hydrogens (primary N) is 1. The number of anilines is 1. The van der Waals surface area contributed by atoms with Crippen molar-refractivity contribution in [3.63, 3.8) is 0 Å². The fourth-order valence-electron chi connectivity index (χ4n) is 1.10. The number of thioether (sulfide) groups is 1. The van der Waals surface area contributed by atoms with Crippen LogP contribution in [-0.2, 0) is 5.75 Å². The fraction of sp³-hybridized carbons (Fsp3) is 0.100. The van der Waals surface area contributed by atoms with Gasteiger partial charge >= 0.3 is 0 Å². The van der Waals surface area contributed by atoms with Crippen LogP contribution in [0.15, 0.2) is 44.4 Å². The second kappa shape index (κ2) is 4.72. The van der Waals surface area contributed by atoms with Gasteiger partial charge in [0.05, 0.1) is 11.9 Å². The molecule has 0 fully saturated rings. The van der Waals surface area contributed by atoms with Gasteiger partial charge in [-0.1, -0.05) is 5.16 Å². The SMILES string of the molecule is Nc1ccc(SCc2ccno2)c(Br)c1. The molecule has 2 rings (SSSR count). The summed E-state index contributed by atoms with van der Waals surface area (Å²) in [5, 5.41) is 3.65. The highest BCUT2D eigenvalue weighted by molar-refractivity contribution is 9.10. The molecule has 0 aliphatic carbocycles. The van der Waals surface area contributed by atoms with Crippen molar-refractivity contribution >= 4 is 33.4 Å². The quantitative estimate of drug-likeness (QED) is 0.694. The number of hydrogen-bond acceptors (Lipinski definition) is 4. The van der Waals surface area contributed by atoms with Crippen LogP contribution >= 0.6 is 27.7 Å². The van der Waals surface area contributed by atoms with Crippen LogP contribution in [0.2, 0.25) is 0 Å². The maximum atomic E-state index is 5.65. The molecule has 0 amide bonds. The van der Waals surface area contributed by atoms with Gasteiger partial charge in [-0.25, -0.2) is 0 Å². The molecular weight excluding hydrogens is 276 g/mol. The minimum atomic E-state index is 0.755. The number of aromatic nitrogens is 1. The van der Waals surface area contributed by atoms with Gasteiger partial charge in [-0.3, -0.25) is 0 Å². The maximum absolute atomic E-state index is 5.65. The summed E-state index contributed by atoms with van der Waals surface area (Å²) in [5.41, 5.74) is 6.41. The van der Waals surface area contributed by atoms with Gasteiger partial charge in [-0.15, -0.1) is 11.8 Å². The highest BCUT2D eigenvalue weighted by Gasteiger charge is 2.03. The van der Waals surface area contributed by atoms with Gasteiger partial charge in [-0.2, -0.15) is 0 Å². The summed E-state index contributed by atoms with van der Waals surface area (Å²) in [6.07, 6.45) is 1.65. The molecule has 0 atom stereocenters. The molecule has 2 aromatic rings. The second-order valence-corrected chi connectivity index (χ2v) is 4.83. The zero-order valence-corrected chi connectivity index (χ0v) is 10.2. The third-order valence-corrected chi connectivity index (χ3v) is 3.83. The van der Waals surface area contributed by atoms with Gasteiger partial charge in [-0.05, 0) is 34.1 Å². The van der Waals surface area contributed by atoms with E-state index in [4.69, 9.17) is 10.3 Å². The Morgan fingerprint density at radius 2 is 2.27 bits per heavy atom. The topological polar surface area (TPSA) is 52.0 Å². The van der Waals surface area contributed by atoms with Gasteiger partial charge < -0.3 is 10.3 Å². The second-order valence-electron chi connectivity index (χ2n) is 2.96. The first-order valence-electron chi connectivity index (χ1n) is 4.33. The van der Waals surface area contributed by atoms with Crippen molar-refractivity contribution in [1.82, 2.24) is 5.16 Å². The van der Waals surface area contributed by atoms with E-state index in [2.05, 4.69) is 21.1 Å². The Hall–Kier alpha value is -0.940. The van der Waals surface area contributed by atoms with Crippen LogP contribution in [0.25, 0.3) is 0 Å². The fourth-order valence-corrected chi connectivity index (χ4v) is 2.65. The van der Waals surface area contributed by atoms with Crippen molar-refractivity contribution in [1.29, 1.82) is 0 Å². The molecule has 0 saturated heterocycles. The lowest BCUT2D eigenvalue weighted by Crippen LogP contribution is -1.85. The first-order valence-corrected chi connectivity index (χ1v) is 6.11. The van der Waals surface area contributed by atoms with Crippen LogP contribution in [-0.4, -0.2) is 5.16 Å². The largest absolute Gasteiger partial charge is 0.399 e. The zero-order valence-electron chi connectivity index (χ0n) is 7.81. The zero-order chi connectivity index (χ0) is 10.7. The number of nitrogen functional groups attached to an aromatic ring is 1. The lowest BCUT2D eigenvalue weighted by molar-refractivity contribution is 0.395. The first kappa shape index (κ1) is 10.6. The Labute approximate surface area is 100 Å². The minimum Gasteiger partial charge on any atom is -0.399 e. The smallest absolute Gasteiger partial charge is 0.146 e. The van der Waals surface area contributed by atoms with Gasteiger partial charge in [0.25, 0.3) is 0 Å². The molecule has 0 saturated carbocycles. The predicted molar refractivity (Wildman–Crippen MR) is 64.6 cm³/mol. The average molecular weight is 285 g/mol. The van der Waals surface area contributed by atoms with Gasteiger partial charge in [0.1, 0.15) is 5.76 Å². The summed E-state index contributed by atoms with van der Waals surface area (Å²) < 4.78 is 6.01. The van der Waals surface area contributed by atoms with Crippen molar-refractivity contribution < 1.29 is 4.52 Å². The van der Waals surface area contributed by atoms with E-state index in [0.29, 0.717) is 0 Å². The third kappa shape index (κ3) is 2.76. The molecule has 1 aromatic heterocycles. The van der Waals surface area contributed by atoms with Gasteiger partial charge in [0.2, 0.25) is 0 Å². The van der Waals surface area contributed by atoms with E-state index < -0.39 is 0 Å². The molecule has 5 heteroatoms. The summed E-state index contributed by atoms with van der Waals surface area (Å²) in [4.78, 5) is 1.14. The van der Waals surface area contributed by atoms with Crippen LogP contribution in [0.4, 0.5) is 5.69 Å². The summed E-state index contributed by atoms with van der Waals surface area (Å²) in [7, 11) is 0. The lowest BCUT2D eigenvalue weighted by Gasteiger charge is -2.03. The van der Waals surface area contributed by atoms with Crippen molar-refractivity contribution in [3.8, 4) is 0 Å². The van der Waals surface area contributed by atoms with Gasteiger partial charge in [0.15, 0.2) is 0 Å². The van der Waals surface area contributed by atoms with E-state index >= 15 is 0 Å². The normalized spacial score (nSPS) is 10.5. The molecule has 3 nitrogen and oxygen atoms in total. The van der Waals surface area contributed by atoms with Crippen molar-refractivity contribution in [3.05, 3.63) is 40.7 Å². The number of nitrogens with zero attached hydrogens (tertiary/aromatic N) is 1. The molecule has 0 spiro atoms. The monoisotopic (exact) mass is 284 g/mol. The molecule has 0 aliphatic rings. The van der Waals surface area contributed by atoms with E-state index in [0.717, 1.165) is 26.6 Å². The molecule has 78 valence electrons. The Morgan fingerprint density at radius 3 is 2.93 bits per heavy atom. The summed E-state index contributed by atoms with van der Waals surface area (Å²) >= 11 is 5.14. The van der Waals surface area contributed by atoms with Gasteiger partial charge in [0, 0.05) is 21.1 Å². The van der Waals surface area contributed by atoms with Crippen LogP contribution in [0, 0.1) is 0 Å². The standard InChI is InChI=1S/C10H9BrN2OS/c11-9-5-7(12)1-2-10(9)15-6-8-3-4-13-14-8/h1-5H,6,12H2. The lowest BCUT2D eigenvalue weighted by atomic mass is 10.3. The number of halogens is 1. The van der Waals surface area contributed by atoms with Crippen LogP contribution in [0.5, 0.6) is 0 Å². The molecule has 1 aromatic carbocycles. The van der Waals surface area contributed by atoms with Crippen molar-refractivity contribution in [2.24, 2.45) is 0 Å². The van der Waals surface area contributed by atoms with Crippen LogP contribution in [0.3, 0.4) is 0 Å². The van der Waals surface area contributed by atoms with Crippen molar-refractivity contribution in [2.45, 2.75) is 10.6 Å². The molecule has 0 aliphatic heterocycles.